The van der Waals surface area contributed by atoms with Crippen molar-refractivity contribution in [3.05, 3.63) is 24.3 Å². The van der Waals surface area contributed by atoms with Gasteiger partial charge in [0, 0.05) is 44.0 Å². The van der Waals surface area contributed by atoms with Gasteiger partial charge in [0.2, 0.25) is 0 Å². The maximum Gasteiger partial charge on any atom is 0.411 e. The number of methoxy groups -OCH3 is 1. The number of ether oxygens (including phenoxy) is 2. The molecule has 24 heavy (non-hydrogen) atoms. The highest BCUT2D eigenvalue weighted by Crippen LogP contribution is 2.21. The van der Waals surface area contributed by atoms with Gasteiger partial charge in [-0.2, -0.15) is 13.2 Å². The molecule has 0 spiro atoms. The van der Waals surface area contributed by atoms with Gasteiger partial charge < -0.3 is 19.7 Å². The summed E-state index contributed by atoms with van der Waals surface area (Å²) in [5.74, 6) is 0.830. The van der Waals surface area contributed by atoms with Gasteiger partial charge in [-0.3, -0.25) is 0 Å². The summed E-state index contributed by atoms with van der Waals surface area (Å²) in [6.07, 6.45) is -1.57. The summed E-state index contributed by atoms with van der Waals surface area (Å²) in [5.41, 5.74) is 1.05. The minimum atomic E-state index is -4.23. The Labute approximate surface area is 140 Å². The van der Waals surface area contributed by atoms with Crippen LogP contribution in [0, 0.1) is 0 Å². The van der Waals surface area contributed by atoms with Crippen LogP contribution >= 0.6 is 0 Å². The number of halogens is 3. The van der Waals surface area contributed by atoms with E-state index in [0.717, 1.165) is 43.9 Å². The monoisotopic (exact) mass is 346 g/mol. The van der Waals surface area contributed by atoms with Crippen molar-refractivity contribution in [2.45, 2.75) is 31.5 Å². The number of rotatable bonds is 8. The van der Waals surface area contributed by atoms with E-state index in [9.17, 15) is 13.2 Å². The summed E-state index contributed by atoms with van der Waals surface area (Å²) in [4.78, 5) is 2.28. The van der Waals surface area contributed by atoms with E-state index in [4.69, 9.17) is 4.74 Å². The maximum absolute atomic E-state index is 12.0. The number of anilines is 1. The van der Waals surface area contributed by atoms with E-state index in [1.165, 1.54) is 0 Å². The molecule has 0 radical (unpaired) electrons. The van der Waals surface area contributed by atoms with Crippen LogP contribution in [0.25, 0.3) is 0 Å². The molecule has 1 N–H and O–H groups in total. The molecular weight excluding hydrogens is 321 g/mol. The van der Waals surface area contributed by atoms with Gasteiger partial charge in [0.05, 0.1) is 7.11 Å². The van der Waals surface area contributed by atoms with Crippen LogP contribution in [0.4, 0.5) is 18.9 Å². The number of benzene rings is 1. The molecule has 1 aromatic carbocycles. The topological polar surface area (TPSA) is 33.7 Å². The minimum Gasteiger partial charge on any atom is -0.497 e. The molecule has 0 atom stereocenters. The van der Waals surface area contributed by atoms with Crippen molar-refractivity contribution in [3.8, 4) is 5.75 Å². The first-order valence-electron chi connectivity index (χ1n) is 8.24. The summed E-state index contributed by atoms with van der Waals surface area (Å²) in [6.45, 7) is 1.67. The van der Waals surface area contributed by atoms with Gasteiger partial charge in [0.1, 0.15) is 12.4 Å². The molecule has 0 unspecified atom stereocenters. The molecule has 7 heteroatoms. The Balaban J connectivity index is 1.61. The van der Waals surface area contributed by atoms with Crippen LogP contribution in [0.15, 0.2) is 24.3 Å². The van der Waals surface area contributed by atoms with E-state index in [1.54, 1.807) is 7.11 Å². The first-order valence-corrected chi connectivity index (χ1v) is 8.24. The molecule has 136 valence electrons. The molecule has 1 aliphatic heterocycles. The smallest absolute Gasteiger partial charge is 0.411 e. The lowest BCUT2D eigenvalue weighted by atomic mass is 10.0. The molecular formula is C17H25F3N2O2. The Kier molecular flexibility index (Phi) is 7.17. The first kappa shape index (κ1) is 18.9. The van der Waals surface area contributed by atoms with Crippen LogP contribution < -0.4 is 10.1 Å². The van der Waals surface area contributed by atoms with Crippen LogP contribution in [0.1, 0.15) is 19.3 Å². The molecule has 1 fully saturated rings. The minimum absolute atomic E-state index is 0.154. The number of piperidine rings is 1. The molecule has 1 saturated heterocycles. The largest absolute Gasteiger partial charge is 0.497 e. The third-order valence-corrected chi connectivity index (χ3v) is 4.06. The Bertz CT molecular complexity index is 489. The molecule has 1 aliphatic rings. The SMILES string of the molecule is COc1cccc(NC2CCN(CCCOCC(F)(F)F)CC2)c1. The van der Waals surface area contributed by atoms with Crippen molar-refractivity contribution < 1.29 is 22.6 Å². The van der Waals surface area contributed by atoms with Crippen molar-refractivity contribution in [1.29, 1.82) is 0 Å². The van der Waals surface area contributed by atoms with Crippen LogP contribution in [0.3, 0.4) is 0 Å². The summed E-state index contributed by atoms with van der Waals surface area (Å²) in [6, 6.07) is 8.28. The van der Waals surface area contributed by atoms with E-state index in [0.29, 0.717) is 12.5 Å². The third kappa shape index (κ3) is 6.97. The van der Waals surface area contributed by atoms with E-state index in [-0.39, 0.29) is 6.61 Å². The average molecular weight is 346 g/mol. The maximum atomic E-state index is 12.0. The average Bonchev–Trinajstić information content (AvgIpc) is 2.55. The number of hydrogen-bond donors (Lipinski definition) is 1. The van der Waals surface area contributed by atoms with Gasteiger partial charge in [-0.1, -0.05) is 6.07 Å². The van der Waals surface area contributed by atoms with E-state index >= 15 is 0 Å². The molecule has 0 aliphatic carbocycles. The highest BCUT2D eigenvalue weighted by atomic mass is 19.4. The van der Waals surface area contributed by atoms with Crippen molar-refractivity contribution in [1.82, 2.24) is 4.90 Å². The predicted molar refractivity (Wildman–Crippen MR) is 87.6 cm³/mol. The van der Waals surface area contributed by atoms with E-state index in [1.807, 2.05) is 24.3 Å². The van der Waals surface area contributed by atoms with Crippen molar-refractivity contribution in [2.75, 3.05) is 45.3 Å². The normalized spacial score (nSPS) is 17.0. The molecule has 0 amide bonds. The number of likely N-dealkylation sites (tertiary alicyclic amines) is 1. The zero-order valence-corrected chi connectivity index (χ0v) is 13.9. The van der Waals surface area contributed by atoms with Gasteiger partial charge in [0.25, 0.3) is 0 Å². The molecule has 0 aromatic heterocycles. The van der Waals surface area contributed by atoms with Crippen molar-refractivity contribution in [2.24, 2.45) is 0 Å². The fourth-order valence-electron chi connectivity index (χ4n) is 2.83. The van der Waals surface area contributed by atoms with E-state index in [2.05, 4.69) is 15.0 Å². The second-order valence-corrected chi connectivity index (χ2v) is 6.01. The Morgan fingerprint density at radius 3 is 2.67 bits per heavy atom. The molecule has 0 saturated carbocycles. The standard InChI is InChI=1S/C17H25F3N2O2/c1-23-16-5-2-4-15(12-16)21-14-6-9-22(10-7-14)8-3-11-24-13-17(18,19)20/h2,4-5,12,14,21H,3,6-11,13H2,1H3. The lowest BCUT2D eigenvalue weighted by Gasteiger charge is -2.32. The number of hydrogen-bond acceptors (Lipinski definition) is 4. The zero-order valence-electron chi connectivity index (χ0n) is 13.9. The molecule has 2 rings (SSSR count). The summed E-state index contributed by atoms with van der Waals surface area (Å²) < 4.78 is 45.7. The number of nitrogens with zero attached hydrogens (tertiary/aromatic N) is 1. The molecule has 0 bridgehead atoms. The molecule has 4 nitrogen and oxygen atoms in total. The summed E-state index contributed by atoms with van der Waals surface area (Å²) in [7, 11) is 1.65. The second kappa shape index (κ2) is 9.13. The van der Waals surface area contributed by atoms with Gasteiger partial charge in [-0.25, -0.2) is 0 Å². The summed E-state index contributed by atoms with van der Waals surface area (Å²) in [5, 5.41) is 3.51. The van der Waals surface area contributed by atoms with Gasteiger partial charge in [0.15, 0.2) is 0 Å². The second-order valence-electron chi connectivity index (χ2n) is 6.01. The van der Waals surface area contributed by atoms with Gasteiger partial charge >= 0.3 is 6.18 Å². The Morgan fingerprint density at radius 1 is 1.25 bits per heavy atom. The third-order valence-electron chi connectivity index (χ3n) is 4.06. The lowest BCUT2D eigenvalue weighted by molar-refractivity contribution is -0.174. The fraction of sp³-hybridized carbons (Fsp3) is 0.647. The molecule has 1 heterocycles. The Hall–Kier alpha value is -1.47. The highest BCUT2D eigenvalue weighted by Gasteiger charge is 2.27. The fourth-order valence-corrected chi connectivity index (χ4v) is 2.83. The van der Waals surface area contributed by atoms with Crippen LogP contribution in [0.5, 0.6) is 5.75 Å². The highest BCUT2D eigenvalue weighted by molar-refractivity contribution is 5.48. The van der Waals surface area contributed by atoms with Gasteiger partial charge in [-0.15, -0.1) is 0 Å². The van der Waals surface area contributed by atoms with Crippen molar-refractivity contribution >= 4 is 5.69 Å². The summed E-state index contributed by atoms with van der Waals surface area (Å²) >= 11 is 0. The predicted octanol–water partition coefficient (Wildman–Crippen LogP) is 3.54. The first-order chi connectivity index (χ1) is 11.5. The zero-order chi connectivity index (χ0) is 17.4. The lowest BCUT2D eigenvalue weighted by Crippen LogP contribution is -2.39. The number of nitrogens with one attached hydrogen (secondary N) is 1. The van der Waals surface area contributed by atoms with Crippen LogP contribution in [0.2, 0.25) is 0 Å². The van der Waals surface area contributed by atoms with Crippen LogP contribution in [-0.2, 0) is 4.74 Å². The molecule has 1 aromatic rings. The Morgan fingerprint density at radius 2 is 2.00 bits per heavy atom. The quantitative estimate of drug-likeness (QED) is 0.730. The van der Waals surface area contributed by atoms with Crippen molar-refractivity contribution in [3.63, 3.8) is 0 Å². The van der Waals surface area contributed by atoms with Crippen LogP contribution in [-0.4, -0.2) is 57.1 Å². The van der Waals surface area contributed by atoms with Gasteiger partial charge in [-0.05, 0) is 31.4 Å². The number of alkyl halides is 3. The van der Waals surface area contributed by atoms with E-state index < -0.39 is 12.8 Å².